The van der Waals surface area contributed by atoms with Crippen LogP contribution in [0.5, 0.6) is 0 Å². The van der Waals surface area contributed by atoms with E-state index in [1.165, 1.54) is 12.1 Å². The number of amides is 1. The van der Waals surface area contributed by atoms with Crippen LogP contribution in [0.25, 0.3) is 10.8 Å². The molecule has 1 unspecified atom stereocenters. The van der Waals surface area contributed by atoms with E-state index >= 15 is 0 Å². The minimum atomic E-state index is -6.11. The van der Waals surface area contributed by atoms with Crippen LogP contribution in [0.2, 0.25) is 0 Å². The second-order valence-electron chi connectivity index (χ2n) is 6.18. The summed E-state index contributed by atoms with van der Waals surface area (Å²) in [5.41, 5.74) is -5.68. The number of aliphatic hydroxyl groups is 1. The second-order valence-corrected chi connectivity index (χ2v) is 9.04. The summed E-state index contributed by atoms with van der Waals surface area (Å²) in [5, 5.41) is 11.7. The quantitative estimate of drug-likeness (QED) is 0.766. The number of alkyl halides is 3. The Morgan fingerprint density at radius 2 is 1.89 bits per heavy atom. The number of nitrogens with zero attached hydrogens (tertiary/aromatic N) is 1. The Morgan fingerprint density at radius 1 is 1.19 bits per heavy atom. The molecule has 1 heterocycles. The molecule has 1 aliphatic heterocycles. The molecule has 0 aromatic heterocycles. The number of hydrogen-bond donors (Lipinski definition) is 1. The molecule has 1 saturated carbocycles. The number of hydroxylamine groups is 2. The third-order valence-corrected chi connectivity index (χ3v) is 6.58. The highest BCUT2D eigenvalue weighted by Gasteiger charge is 2.51. The summed E-state index contributed by atoms with van der Waals surface area (Å²) in [6.07, 6.45) is 0.157. The van der Waals surface area contributed by atoms with E-state index in [2.05, 4.69) is 4.28 Å². The Kier molecular flexibility index (Phi) is 4.18. The van der Waals surface area contributed by atoms with Crippen molar-refractivity contribution in [3.05, 3.63) is 41.5 Å². The number of aliphatic hydroxyl groups excluding tert-OH is 1. The van der Waals surface area contributed by atoms with Crippen LogP contribution in [-0.2, 0) is 14.4 Å². The fourth-order valence-corrected chi connectivity index (χ4v) is 4.47. The van der Waals surface area contributed by atoms with Crippen molar-refractivity contribution in [2.45, 2.75) is 34.7 Å². The van der Waals surface area contributed by atoms with E-state index < -0.39 is 27.8 Å². The van der Waals surface area contributed by atoms with Gasteiger partial charge in [0.15, 0.2) is 6.23 Å². The molecule has 0 radical (unpaired) electrons. The predicted molar refractivity (Wildman–Crippen MR) is 90.0 cm³/mol. The van der Waals surface area contributed by atoms with Crippen molar-refractivity contribution in [3.63, 3.8) is 0 Å². The molecule has 144 valence electrons. The average Bonchev–Trinajstić information content (AvgIpc) is 3.40. The maximum atomic E-state index is 12.6. The molecule has 1 fully saturated rings. The van der Waals surface area contributed by atoms with E-state index in [0.717, 1.165) is 17.7 Å². The summed E-state index contributed by atoms with van der Waals surface area (Å²) < 4.78 is 64.4. The molecule has 2 aromatic rings. The molecule has 27 heavy (non-hydrogen) atoms. The van der Waals surface area contributed by atoms with Crippen molar-refractivity contribution in [1.29, 1.82) is 0 Å². The molecule has 0 bridgehead atoms. The Morgan fingerprint density at radius 3 is 2.52 bits per heavy atom. The van der Waals surface area contributed by atoms with Gasteiger partial charge in [-0.2, -0.15) is 26.7 Å². The molecule has 4 rings (SSSR count). The number of carbonyl (C=O) groups is 1. The van der Waals surface area contributed by atoms with Gasteiger partial charge in [0, 0.05) is 21.1 Å². The van der Waals surface area contributed by atoms with E-state index in [-0.39, 0.29) is 16.2 Å². The summed E-state index contributed by atoms with van der Waals surface area (Å²) in [5.74, 6) is -1.16. The molecule has 1 amide bonds. The number of halogens is 3. The Hall–Kier alpha value is -1.82. The van der Waals surface area contributed by atoms with Crippen LogP contribution in [0.1, 0.15) is 35.0 Å². The van der Waals surface area contributed by atoms with Gasteiger partial charge >= 0.3 is 15.6 Å². The van der Waals surface area contributed by atoms with Gasteiger partial charge in [-0.3, -0.25) is 4.79 Å². The first-order valence-corrected chi connectivity index (χ1v) is 10.1. The van der Waals surface area contributed by atoms with Crippen LogP contribution in [-0.4, -0.2) is 35.3 Å². The molecular formula is C16H12F3NO5S2. The first kappa shape index (κ1) is 18.5. The maximum absolute atomic E-state index is 12.6. The first-order valence-electron chi connectivity index (χ1n) is 7.85. The molecule has 2 aliphatic rings. The average molecular weight is 419 g/mol. The van der Waals surface area contributed by atoms with E-state index in [0.29, 0.717) is 16.0 Å². The highest BCUT2D eigenvalue weighted by atomic mass is 32.2. The van der Waals surface area contributed by atoms with Crippen LogP contribution < -0.4 is 0 Å². The zero-order chi connectivity index (χ0) is 19.6. The largest absolute Gasteiger partial charge is 0.525 e. The maximum Gasteiger partial charge on any atom is 0.525 e. The van der Waals surface area contributed by atoms with Gasteiger partial charge in [-0.05, 0) is 30.4 Å². The topological polar surface area (TPSA) is 83.9 Å². The van der Waals surface area contributed by atoms with Crippen molar-refractivity contribution in [2.75, 3.05) is 0 Å². The van der Waals surface area contributed by atoms with Gasteiger partial charge in [-0.25, -0.2) is 0 Å². The third kappa shape index (κ3) is 3.08. The molecule has 1 atom stereocenters. The lowest BCUT2D eigenvalue weighted by atomic mass is 9.94. The summed E-state index contributed by atoms with van der Waals surface area (Å²) in [7, 11) is -6.11. The number of benzene rings is 2. The van der Waals surface area contributed by atoms with Gasteiger partial charge in [0.05, 0.1) is 5.56 Å². The van der Waals surface area contributed by atoms with Crippen molar-refractivity contribution >= 4 is 38.6 Å². The van der Waals surface area contributed by atoms with Crippen LogP contribution in [0.4, 0.5) is 13.2 Å². The minimum absolute atomic E-state index is 0.0385. The van der Waals surface area contributed by atoms with Crippen molar-refractivity contribution in [1.82, 2.24) is 5.06 Å². The number of thioether (sulfide) groups is 1. The monoisotopic (exact) mass is 419 g/mol. The van der Waals surface area contributed by atoms with E-state index in [1.54, 1.807) is 30.0 Å². The van der Waals surface area contributed by atoms with Crippen LogP contribution in [0.15, 0.2) is 35.2 Å². The van der Waals surface area contributed by atoms with Gasteiger partial charge in [-0.15, -0.1) is 16.0 Å². The van der Waals surface area contributed by atoms with Gasteiger partial charge in [0.1, 0.15) is 0 Å². The van der Waals surface area contributed by atoms with Crippen molar-refractivity contribution in [3.8, 4) is 0 Å². The molecule has 1 N–H and O–H groups in total. The van der Waals surface area contributed by atoms with E-state index in [1.807, 2.05) is 0 Å². The van der Waals surface area contributed by atoms with Crippen LogP contribution >= 0.6 is 11.8 Å². The fraction of sp³-hybridized carbons (Fsp3) is 0.312. The standard InChI is InChI=1S/C16H12F3NO5S2/c17-16(18,19)27(23,24)25-20-14(21)10-3-1-2-9-12(26-8-4-5-8)7-6-11(13(9)10)15(20)22/h1-3,6-8,14,21H,4-5H2. The third-order valence-electron chi connectivity index (χ3n) is 4.24. The molecule has 0 spiro atoms. The lowest BCUT2D eigenvalue weighted by molar-refractivity contribution is -0.151. The smallest absolute Gasteiger partial charge is 0.367 e. The minimum Gasteiger partial charge on any atom is -0.367 e. The molecule has 0 saturated heterocycles. The Bertz CT molecular complexity index is 1050. The normalized spacial score (nSPS) is 20.4. The van der Waals surface area contributed by atoms with Gasteiger partial charge in [0.2, 0.25) is 0 Å². The molecular weight excluding hydrogens is 407 g/mol. The van der Waals surface area contributed by atoms with Crippen molar-refractivity contribution < 1.29 is 35.8 Å². The lowest BCUT2D eigenvalue weighted by Crippen LogP contribution is -2.42. The number of rotatable bonds is 4. The number of carbonyl (C=O) groups excluding carboxylic acids is 1. The lowest BCUT2D eigenvalue weighted by Gasteiger charge is -2.32. The highest BCUT2D eigenvalue weighted by molar-refractivity contribution is 8.00. The molecule has 2 aromatic carbocycles. The van der Waals surface area contributed by atoms with Crippen molar-refractivity contribution in [2.24, 2.45) is 0 Å². The van der Waals surface area contributed by atoms with Gasteiger partial charge in [-0.1, -0.05) is 18.2 Å². The molecule has 1 aliphatic carbocycles. The van der Waals surface area contributed by atoms with Gasteiger partial charge in [0.25, 0.3) is 5.91 Å². The highest BCUT2D eigenvalue weighted by Crippen LogP contribution is 2.45. The van der Waals surface area contributed by atoms with Crippen LogP contribution in [0.3, 0.4) is 0 Å². The SMILES string of the molecule is O=C1c2ccc(SC3CC3)c3cccc(c23)C(O)N1OS(=O)(=O)C(F)(F)F. The summed E-state index contributed by atoms with van der Waals surface area (Å²) >= 11 is 1.63. The number of hydrogen-bond acceptors (Lipinski definition) is 6. The van der Waals surface area contributed by atoms with Crippen LogP contribution in [0, 0.1) is 0 Å². The van der Waals surface area contributed by atoms with E-state index in [9.17, 15) is 31.5 Å². The summed E-state index contributed by atoms with van der Waals surface area (Å²) in [6, 6.07) is 7.80. The Labute approximate surface area is 156 Å². The Balaban J connectivity index is 1.80. The second kappa shape index (κ2) is 6.09. The van der Waals surface area contributed by atoms with Gasteiger partial charge < -0.3 is 5.11 Å². The zero-order valence-electron chi connectivity index (χ0n) is 13.4. The summed E-state index contributed by atoms with van der Waals surface area (Å²) in [4.78, 5) is 13.5. The molecule has 11 heteroatoms. The fourth-order valence-electron chi connectivity index (χ4n) is 2.85. The zero-order valence-corrected chi connectivity index (χ0v) is 15.1. The molecule has 6 nitrogen and oxygen atoms in total. The predicted octanol–water partition coefficient (Wildman–Crippen LogP) is 3.32. The first-order chi connectivity index (χ1) is 12.6. The van der Waals surface area contributed by atoms with E-state index in [4.69, 9.17) is 0 Å². The summed E-state index contributed by atoms with van der Waals surface area (Å²) in [6.45, 7) is 0.